The molecule has 2 bridgehead atoms. The van der Waals surface area contributed by atoms with Crippen LogP contribution in [-0.2, 0) is 23.2 Å². The van der Waals surface area contributed by atoms with E-state index in [0.29, 0.717) is 36.1 Å². The highest BCUT2D eigenvalue weighted by atomic mass is 19.1. The second kappa shape index (κ2) is 9.82. The number of carbonyl (C=O) groups excluding carboxylic acids is 2. The molecule has 0 radical (unpaired) electrons. The first kappa shape index (κ1) is 24.5. The lowest BCUT2D eigenvalue weighted by Gasteiger charge is -2.30. The zero-order valence-corrected chi connectivity index (χ0v) is 21.9. The summed E-state index contributed by atoms with van der Waals surface area (Å²) >= 11 is 0. The summed E-state index contributed by atoms with van der Waals surface area (Å²) in [5.41, 5.74) is 3.13. The third kappa shape index (κ3) is 4.53. The smallest absolute Gasteiger partial charge is 0.230 e. The van der Waals surface area contributed by atoms with Crippen LogP contribution in [0.1, 0.15) is 50.2 Å². The van der Waals surface area contributed by atoms with Gasteiger partial charge in [0.15, 0.2) is 5.78 Å². The molecule has 38 heavy (non-hydrogen) atoms. The topological polar surface area (TPSA) is 55.2 Å². The van der Waals surface area contributed by atoms with E-state index in [-0.39, 0.29) is 17.6 Å². The van der Waals surface area contributed by atoms with Gasteiger partial charge in [0, 0.05) is 30.5 Å². The predicted molar refractivity (Wildman–Crippen MR) is 149 cm³/mol. The van der Waals surface area contributed by atoms with Crippen LogP contribution in [0.2, 0.25) is 0 Å². The zero-order valence-electron chi connectivity index (χ0n) is 21.9. The molecule has 1 heterocycles. The number of anilines is 1. The summed E-state index contributed by atoms with van der Waals surface area (Å²) in [4.78, 5) is 27.8. The highest BCUT2D eigenvalue weighted by Gasteiger charge is 2.44. The van der Waals surface area contributed by atoms with Crippen molar-refractivity contribution >= 4 is 45.1 Å². The van der Waals surface area contributed by atoms with Gasteiger partial charge in [-0.1, -0.05) is 37.6 Å². The maximum atomic E-state index is 14.9. The number of hydrogen-bond acceptors (Lipinski definition) is 3. The fourth-order valence-corrected chi connectivity index (χ4v) is 6.50. The van der Waals surface area contributed by atoms with Crippen molar-refractivity contribution in [2.24, 2.45) is 24.8 Å². The zero-order chi connectivity index (χ0) is 26.4. The summed E-state index contributed by atoms with van der Waals surface area (Å²) in [6.45, 7) is 2.14. The number of aromatic nitrogens is 2. The molecule has 2 aliphatic carbocycles. The Balaban J connectivity index is 1.43. The fourth-order valence-electron chi connectivity index (χ4n) is 6.50. The molecule has 6 rings (SSSR count). The number of allylic oxidation sites excluding steroid dienone is 1. The van der Waals surface area contributed by atoms with Gasteiger partial charge in [-0.3, -0.25) is 14.3 Å². The predicted octanol–water partition coefficient (Wildman–Crippen LogP) is 6.83. The molecule has 194 valence electrons. The summed E-state index contributed by atoms with van der Waals surface area (Å²) in [5, 5.41) is 7.59. The van der Waals surface area contributed by atoms with Gasteiger partial charge < -0.3 is 4.90 Å². The molecular weight excluding hydrogens is 477 g/mol. The number of hydrogen-bond donors (Lipinski definition) is 0. The van der Waals surface area contributed by atoms with Crippen molar-refractivity contribution in [2.75, 3.05) is 4.90 Å². The number of fused-ring (bicyclic) bond motifs is 4. The largest absolute Gasteiger partial charge is 0.308 e. The van der Waals surface area contributed by atoms with E-state index in [1.807, 2.05) is 36.1 Å². The lowest BCUT2D eigenvalue weighted by atomic mass is 9.87. The quantitative estimate of drug-likeness (QED) is 0.257. The maximum absolute atomic E-state index is 14.9. The van der Waals surface area contributed by atoms with Gasteiger partial charge in [0.25, 0.3) is 0 Å². The number of nitrogens with zero attached hydrogens (tertiary/aromatic N) is 3. The fraction of sp³-hybridized carbons (Fsp3) is 0.344. The van der Waals surface area contributed by atoms with Crippen molar-refractivity contribution in [3.05, 3.63) is 77.7 Å². The molecule has 0 unspecified atom stereocenters. The summed E-state index contributed by atoms with van der Waals surface area (Å²) < 4.78 is 16.7. The average molecular weight is 510 g/mol. The number of benzene rings is 3. The van der Waals surface area contributed by atoms with Gasteiger partial charge in [0.05, 0.1) is 18.3 Å². The first-order valence-corrected chi connectivity index (χ1v) is 13.6. The molecule has 2 fully saturated rings. The number of ketones is 1. The van der Waals surface area contributed by atoms with Crippen molar-refractivity contribution in [2.45, 2.75) is 45.6 Å². The summed E-state index contributed by atoms with van der Waals surface area (Å²) in [6.07, 6.45) is 9.69. The first-order chi connectivity index (χ1) is 18.4. The highest BCUT2D eigenvalue weighted by molar-refractivity contribution is 6.00. The monoisotopic (exact) mass is 509 g/mol. The Labute approximate surface area is 221 Å². The summed E-state index contributed by atoms with van der Waals surface area (Å²) in [5.74, 6) is 0.621. The Hall–Kier alpha value is -3.80. The molecule has 1 amide bonds. The summed E-state index contributed by atoms with van der Waals surface area (Å²) in [7, 11) is 1.92. The van der Waals surface area contributed by atoms with Crippen LogP contribution in [0.15, 0.2) is 60.8 Å². The van der Waals surface area contributed by atoms with E-state index in [0.717, 1.165) is 46.5 Å². The number of carbonyl (C=O) groups is 2. The van der Waals surface area contributed by atoms with Crippen LogP contribution in [0.3, 0.4) is 0 Å². The van der Waals surface area contributed by atoms with Gasteiger partial charge in [0.2, 0.25) is 5.91 Å². The van der Waals surface area contributed by atoms with Gasteiger partial charge in [-0.25, -0.2) is 4.39 Å². The van der Waals surface area contributed by atoms with Crippen molar-refractivity contribution in [1.82, 2.24) is 9.78 Å². The number of amides is 1. The second-order valence-corrected chi connectivity index (χ2v) is 10.9. The van der Waals surface area contributed by atoms with Crippen LogP contribution in [0.4, 0.5) is 10.1 Å². The van der Waals surface area contributed by atoms with Gasteiger partial charge in [0.1, 0.15) is 5.82 Å². The first-order valence-electron chi connectivity index (χ1n) is 13.6. The maximum Gasteiger partial charge on any atom is 0.230 e. The molecule has 2 aliphatic rings. The van der Waals surface area contributed by atoms with Crippen molar-refractivity contribution in [3.8, 4) is 0 Å². The molecule has 0 N–H and O–H groups in total. The number of halogens is 1. The molecule has 0 aliphatic heterocycles. The van der Waals surface area contributed by atoms with Crippen LogP contribution in [0.25, 0.3) is 27.8 Å². The van der Waals surface area contributed by atoms with E-state index in [1.54, 1.807) is 17.9 Å². The van der Waals surface area contributed by atoms with E-state index < -0.39 is 5.82 Å². The van der Waals surface area contributed by atoms with E-state index in [2.05, 4.69) is 23.3 Å². The van der Waals surface area contributed by atoms with Gasteiger partial charge in [-0.2, -0.15) is 5.10 Å². The van der Waals surface area contributed by atoms with Crippen LogP contribution in [0, 0.1) is 23.6 Å². The van der Waals surface area contributed by atoms with Crippen molar-refractivity contribution in [3.63, 3.8) is 0 Å². The SMILES string of the molecule is CCC(=O)/C=C/c1cc(F)cc(N(Cc2cccc3cc4cnn(C)c4cc23)C(=O)[C@@H]2C[C@@H]3CC[C@H]2C3)c1. The Morgan fingerprint density at radius 3 is 2.74 bits per heavy atom. The van der Waals surface area contributed by atoms with E-state index in [9.17, 15) is 14.0 Å². The minimum absolute atomic E-state index is 0.0250. The Morgan fingerprint density at radius 1 is 1.11 bits per heavy atom. The lowest BCUT2D eigenvalue weighted by molar-refractivity contribution is -0.124. The number of aryl methyl sites for hydroxylation is 1. The van der Waals surface area contributed by atoms with E-state index in [1.165, 1.54) is 24.6 Å². The molecular formula is C32H32FN3O2. The van der Waals surface area contributed by atoms with Crippen molar-refractivity contribution in [1.29, 1.82) is 0 Å². The van der Waals surface area contributed by atoms with Crippen LogP contribution >= 0.6 is 0 Å². The molecule has 1 aromatic heterocycles. The third-order valence-electron chi connectivity index (χ3n) is 8.51. The molecule has 5 nitrogen and oxygen atoms in total. The molecule has 3 aromatic carbocycles. The van der Waals surface area contributed by atoms with E-state index >= 15 is 0 Å². The minimum Gasteiger partial charge on any atom is -0.308 e. The molecule has 0 saturated heterocycles. The Kier molecular flexibility index (Phi) is 6.34. The third-order valence-corrected chi connectivity index (χ3v) is 8.51. The number of rotatable bonds is 7. The molecule has 6 heteroatoms. The Bertz CT molecular complexity index is 1590. The van der Waals surface area contributed by atoms with E-state index in [4.69, 9.17) is 0 Å². The van der Waals surface area contributed by atoms with Crippen LogP contribution in [0.5, 0.6) is 0 Å². The molecule has 0 spiro atoms. The summed E-state index contributed by atoms with van der Waals surface area (Å²) in [6, 6.07) is 15.0. The van der Waals surface area contributed by atoms with Gasteiger partial charge >= 0.3 is 0 Å². The van der Waals surface area contributed by atoms with Gasteiger partial charge in [-0.05, 0) is 89.4 Å². The van der Waals surface area contributed by atoms with Crippen LogP contribution in [-0.4, -0.2) is 21.5 Å². The highest BCUT2D eigenvalue weighted by Crippen LogP contribution is 2.49. The molecule has 3 atom stereocenters. The van der Waals surface area contributed by atoms with Crippen LogP contribution < -0.4 is 4.90 Å². The van der Waals surface area contributed by atoms with Gasteiger partial charge in [-0.15, -0.1) is 0 Å². The minimum atomic E-state index is -0.425. The second-order valence-electron chi connectivity index (χ2n) is 10.9. The van der Waals surface area contributed by atoms with Crippen molar-refractivity contribution < 1.29 is 14.0 Å². The molecule has 2 saturated carbocycles. The average Bonchev–Trinajstić information content (AvgIpc) is 3.65. The standard InChI is InChI=1S/C32H32FN3O2/c1-3-28(37)10-8-21-12-26(33)16-27(13-21)36(32(38)30-14-20-7-9-23(30)11-20)19-24-6-4-5-22-15-25-18-34-35(2)31(25)17-29(22)24/h4-6,8,10,12-13,15-18,20,23,30H,3,7,9,11,14,19H2,1-2H3/b10-8+/t20-,23+,30-/m1/s1. The Morgan fingerprint density at radius 2 is 1.97 bits per heavy atom. The normalized spacial score (nSPS) is 20.7. The molecule has 4 aromatic rings. The lowest BCUT2D eigenvalue weighted by Crippen LogP contribution is -2.38.